The Balaban J connectivity index is 2.24. The van der Waals surface area contributed by atoms with Crippen LogP contribution in [0.5, 0.6) is 0 Å². The van der Waals surface area contributed by atoms with Crippen molar-refractivity contribution in [3.63, 3.8) is 0 Å². The number of hydrogen-bond donors (Lipinski definition) is 0. The maximum atomic E-state index is 12.9. The first-order valence-corrected chi connectivity index (χ1v) is 8.11. The summed E-state index contributed by atoms with van der Waals surface area (Å²) in [4.78, 5) is 27.3. The van der Waals surface area contributed by atoms with E-state index < -0.39 is 4.92 Å². The highest BCUT2D eigenvalue weighted by Crippen LogP contribution is 2.20. The lowest BCUT2D eigenvalue weighted by Gasteiger charge is -2.25. The third kappa shape index (κ3) is 5.12. The highest BCUT2D eigenvalue weighted by molar-refractivity contribution is 5.94. The van der Waals surface area contributed by atoms with Crippen molar-refractivity contribution in [2.45, 2.75) is 13.5 Å². The van der Waals surface area contributed by atoms with Crippen molar-refractivity contribution in [3.8, 4) is 0 Å². The molecule has 6 heteroatoms. The summed E-state index contributed by atoms with van der Waals surface area (Å²) >= 11 is 0. The minimum atomic E-state index is -0.433. The van der Waals surface area contributed by atoms with Crippen molar-refractivity contribution in [1.82, 2.24) is 9.80 Å². The maximum Gasteiger partial charge on any atom is 0.272 e. The number of carbonyl (C=O) groups is 1. The van der Waals surface area contributed by atoms with Gasteiger partial charge in [-0.25, -0.2) is 0 Å². The van der Waals surface area contributed by atoms with E-state index in [-0.39, 0.29) is 11.6 Å². The van der Waals surface area contributed by atoms with Crippen molar-refractivity contribution in [3.05, 3.63) is 75.3 Å². The van der Waals surface area contributed by atoms with Crippen LogP contribution in [-0.4, -0.2) is 47.8 Å². The van der Waals surface area contributed by atoms with E-state index in [1.165, 1.54) is 12.1 Å². The average molecular weight is 341 g/mol. The number of nitro benzene ring substituents is 1. The van der Waals surface area contributed by atoms with E-state index in [1.807, 2.05) is 49.3 Å². The van der Waals surface area contributed by atoms with Gasteiger partial charge in [-0.2, -0.15) is 0 Å². The fourth-order valence-electron chi connectivity index (χ4n) is 2.55. The van der Waals surface area contributed by atoms with Crippen LogP contribution in [0.2, 0.25) is 0 Å². The fraction of sp³-hybridized carbons (Fsp3) is 0.316. The summed E-state index contributed by atoms with van der Waals surface area (Å²) in [6.07, 6.45) is 0. The maximum absolute atomic E-state index is 12.9. The Morgan fingerprint density at radius 3 is 2.32 bits per heavy atom. The SMILES string of the molecule is Cc1cc(C(=O)N(CCN(C)C)Cc2ccccc2)ccc1[N+](=O)[O-]. The first-order valence-electron chi connectivity index (χ1n) is 8.11. The van der Waals surface area contributed by atoms with Gasteiger partial charge in [-0.05, 0) is 38.7 Å². The monoisotopic (exact) mass is 341 g/mol. The van der Waals surface area contributed by atoms with Gasteiger partial charge in [-0.3, -0.25) is 14.9 Å². The standard InChI is InChI=1S/C19H23N3O3/c1-15-13-17(9-10-18(15)22(24)25)19(23)21(12-11-20(2)3)14-16-7-5-4-6-8-16/h4-10,13H,11-12,14H2,1-3H3. The summed E-state index contributed by atoms with van der Waals surface area (Å²) in [5.41, 5.74) is 2.04. The van der Waals surface area contributed by atoms with Gasteiger partial charge in [0.2, 0.25) is 0 Å². The van der Waals surface area contributed by atoms with Gasteiger partial charge in [0.1, 0.15) is 0 Å². The van der Waals surface area contributed by atoms with E-state index in [1.54, 1.807) is 17.9 Å². The van der Waals surface area contributed by atoms with Gasteiger partial charge in [0.25, 0.3) is 11.6 Å². The molecule has 132 valence electrons. The number of aryl methyl sites for hydroxylation is 1. The second kappa shape index (κ2) is 8.39. The van der Waals surface area contributed by atoms with E-state index in [2.05, 4.69) is 0 Å². The van der Waals surface area contributed by atoms with Crippen LogP contribution in [0.1, 0.15) is 21.5 Å². The van der Waals surface area contributed by atoms with Crippen molar-refractivity contribution >= 4 is 11.6 Å². The van der Waals surface area contributed by atoms with Gasteiger partial charge in [-0.1, -0.05) is 30.3 Å². The van der Waals surface area contributed by atoms with Crippen LogP contribution in [0, 0.1) is 17.0 Å². The molecular weight excluding hydrogens is 318 g/mol. The van der Waals surface area contributed by atoms with Crippen LogP contribution < -0.4 is 0 Å². The zero-order chi connectivity index (χ0) is 18.4. The molecule has 0 N–H and O–H groups in total. The highest BCUT2D eigenvalue weighted by atomic mass is 16.6. The lowest BCUT2D eigenvalue weighted by molar-refractivity contribution is -0.385. The summed E-state index contributed by atoms with van der Waals surface area (Å²) < 4.78 is 0. The van der Waals surface area contributed by atoms with Gasteiger partial charge in [0.15, 0.2) is 0 Å². The second-order valence-electron chi connectivity index (χ2n) is 6.27. The van der Waals surface area contributed by atoms with Crippen LogP contribution in [-0.2, 0) is 6.54 Å². The average Bonchev–Trinajstić information content (AvgIpc) is 2.58. The first kappa shape index (κ1) is 18.6. The molecule has 2 aromatic rings. The van der Waals surface area contributed by atoms with E-state index in [0.717, 1.165) is 12.1 Å². The number of nitrogens with zero attached hydrogens (tertiary/aromatic N) is 3. The van der Waals surface area contributed by atoms with E-state index in [9.17, 15) is 14.9 Å². The number of nitro groups is 1. The van der Waals surface area contributed by atoms with Gasteiger partial charge in [0, 0.05) is 36.8 Å². The number of benzene rings is 2. The number of carbonyl (C=O) groups excluding carboxylic acids is 1. The molecule has 0 aliphatic heterocycles. The van der Waals surface area contributed by atoms with Crippen LogP contribution in [0.25, 0.3) is 0 Å². The molecule has 0 bridgehead atoms. The molecule has 2 aromatic carbocycles. The van der Waals surface area contributed by atoms with Gasteiger partial charge in [-0.15, -0.1) is 0 Å². The molecule has 0 saturated carbocycles. The number of amides is 1. The molecule has 0 saturated heterocycles. The Labute approximate surface area is 147 Å². The number of rotatable bonds is 7. The molecule has 25 heavy (non-hydrogen) atoms. The molecule has 0 spiro atoms. The zero-order valence-electron chi connectivity index (χ0n) is 14.8. The highest BCUT2D eigenvalue weighted by Gasteiger charge is 2.19. The van der Waals surface area contributed by atoms with Crippen LogP contribution in [0.15, 0.2) is 48.5 Å². The molecule has 0 unspecified atom stereocenters. The molecule has 0 aliphatic rings. The van der Waals surface area contributed by atoms with Crippen molar-refractivity contribution in [2.75, 3.05) is 27.2 Å². The molecule has 0 radical (unpaired) electrons. The third-order valence-electron chi connectivity index (χ3n) is 3.96. The van der Waals surface area contributed by atoms with E-state index in [0.29, 0.717) is 24.2 Å². The molecule has 0 aliphatic carbocycles. The molecule has 0 aromatic heterocycles. The van der Waals surface area contributed by atoms with Crippen molar-refractivity contribution in [2.24, 2.45) is 0 Å². The minimum Gasteiger partial charge on any atom is -0.333 e. The zero-order valence-corrected chi connectivity index (χ0v) is 14.8. The summed E-state index contributed by atoms with van der Waals surface area (Å²) in [7, 11) is 3.92. The Morgan fingerprint density at radius 2 is 1.76 bits per heavy atom. The van der Waals surface area contributed by atoms with Crippen LogP contribution in [0.4, 0.5) is 5.69 Å². The Hall–Kier alpha value is -2.73. The molecular formula is C19H23N3O3. The summed E-state index contributed by atoms with van der Waals surface area (Å²) in [5.74, 6) is -0.122. The van der Waals surface area contributed by atoms with Gasteiger partial charge in [0.05, 0.1) is 4.92 Å². The van der Waals surface area contributed by atoms with Crippen LogP contribution in [0.3, 0.4) is 0 Å². The molecule has 6 nitrogen and oxygen atoms in total. The molecule has 0 atom stereocenters. The lowest BCUT2D eigenvalue weighted by atomic mass is 10.1. The lowest BCUT2D eigenvalue weighted by Crippen LogP contribution is -2.36. The molecule has 0 heterocycles. The Morgan fingerprint density at radius 1 is 1.08 bits per heavy atom. The first-order chi connectivity index (χ1) is 11.9. The van der Waals surface area contributed by atoms with Crippen LogP contribution >= 0.6 is 0 Å². The minimum absolute atomic E-state index is 0.0273. The number of hydrogen-bond acceptors (Lipinski definition) is 4. The fourth-order valence-corrected chi connectivity index (χ4v) is 2.55. The predicted octanol–water partition coefficient (Wildman–Crippen LogP) is 3.11. The predicted molar refractivity (Wildman–Crippen MR) is 97.6 cm³/mol. The summed E-state index contributed by atoms with van der Waals surface area (Å²) in [6.45, 7) is 3.47. The summed E-state index contributed by atoms with van der Waals surface area (Å²) in [5, 5.41) is 11.0. The second-order valence-corrected chi connectivity index (χ2v) is 6.27. The largest absolute Gasteiger partial charge is 0.333 e. The third-order valence-corrected chi connectivity index (χ3v) is 3.96. The number of likely N-dealkylation sites (N-methyl/N-ethyl adjacent to an activating group) is 1. The van der Waals surface area contributed by atoms with E-state index >= 15 is 0 Å². The van der Waals surface area contributed by atoms with Gasteiger partial charge < -0.3 is 9.80 Å². The van der Waals surface area contributed by atoms with Crippen molar-refractivity contribution < 1.29 is 9.72 Å². The molecule has 0 fully saturated rings. The Bertz CT molecular complexity index is 745. The molecule has 1 amide bonds. The van der Waals surface area contributed by atoms with Gasteiger partial charge >= 0.3 is 0 Å². The smallest absolute Gasteiger partial charge is 0.272 e. The normalized spacial score (nSPS) is 10.7. The Kier molecular flexibility index (Phi) is 6.25. The quantitative estimate of drug-likeness (QED) is 0.573. The molecule has 2 rings (SSSR count). The topological polar surface area (TPSA) is 66.7 Å². The van der Waals surface area contributed by atoms with Crippen molar-refractivity contribution in [1.29, 1.82) is 0 Å². The van der Waals surface area contributed by atoms with E-state index in [4.69, 9.17) is 0 Å². The summed E-state index contributed by atoms with van der Waals surface area (Å²) in [6, 6.07) is 14.3.